The van der Waals surface area contributed by atoms with E-state index in [4.69, 9.17) is 5.11 Å². The number of carboxylic acid groups (broad SMARTS) is 2. The predicted molar refractivity (Wildman–Crippen MR) is 70.5 cm³/mol. The zero-order valence-corrected chi connectivity index (χ0v) is 10.6. The van der Waals surface area contributed by atoms with Gasteiger partial charge in [-0.3, -0.25) is 0 Å². The lowest BCUT2D eigenvalue weighted by Crippen LogP contribution is -2.03. The number of rotatable bonds is 3. The van der Waals surface area contributed by atoms with Crippen molar-refractivity contribution in [3.8, 4) is 11.1 Å². The van der Waals surface area contributed by atoms with Crippen LogP contribution in [0.2, 0.25) is 0 Å². The number of carbonyl (C=O) groups is 2. The Labute approximate surface area is 114 Å². The van der Waals surface area contributed by atoms with Crippen LogP contribution in [0.4, 0.5) is 4.39 Å². The lowest BCUT2D eigenvalue weighted by Gasteiger charge is -2.08. The fourth-order valence-corrected chi connectivity index (χ4v) is 1.94. The SMILES string of the molecule is Cc1ccc(-c2ccc(C(=O)O)c(F)c2)c(C(=O)O)c1. The first kappa shape index (κ1) is 13.7. The van der Waals surface area contributed by atoms with Crippen molar-refractivity contribution in [2.24, 2.45) is 0 Å². The van der Waals surface area contributed by atoms with Crippen LogP contribution in [0.1, 0.15) is 26.3 Å². The highest BCUT2D eigenvalue weighted by atomic mass is 19.1. The first-order chi connectivity index (χ1) is 9.40. The van der Waals surface area contributed by atoms with Crippen molar-refractivity contribution in [2.45, 2.75) is 6.92 Å². The summed E-state index contributed by atoms with van der Waals surface area (Å²) in [6.45, 7) is 1.75. The number of carboxylic acids is 2. The number of hydrogen-bond donors (Lipinski definition) is 2. The van der Waals surface area contributed by atoms with Crippen LogP contribution in [0.5, 0.6) is 0 Å². The molecule has 4 nitrogen and oxygen atoms in total. The molecule has 0 aliphatic carbocycles. The van der Waals surface area contributed by atoms with Gasteiger partial charge in [0.1, 0.15) is 5.82 Å². The van der Waals surface area contributed by atoms with Gasteiger partial charge >= 0.3 is 11.9 Å². The van der Waals surface area contributed by atoms with Crippen LogP contribution < -0.4 is 0 Å². The van der Waals surface area contributed by atoms with Gasteiger partial charge in [-0.05, 0) is 36.2 Å². The quantitative estimate of drug-likeness (QED) is 0.901. The Bertz CT molecular complexity index is 707. The van der Waals surface area contributed by atoms with Crippen molar-refractivity contribution in [2.75, 3.05) is 0 Å². The lowest BCUT2D eigenvalue weighted by atomic mass is 9.97. The third-order valence-electron chi connectivity index (χ3n) is 2.92. The molecule has 0 aliphatic heterocycles. The summed E-state index contributed by atoms with van der Waals surface area (Å²) in [5, 5.41) is 17.9. The molecule has 0 aliphatic rings. The molecule has 5 heteroatoms. The van der Waals surface area contributed by atoms with E-state index < -0.39 is 23.3 Å². The maximum absolute atomic E-state index is 13.7. The molecule has 0 amide bonds. The second kappa shape index (κ2) is 5.13. The third kappa shape index (κ3) is 2.51. The standard InChI is InChI=1S/C15H11FO4/c1-8-2-4-10(12(6-8)15(19)20)9-3-5-11(14(17)18)13(16)7-9/h2-7H,1H3,(H,17,18)(H,19,20). The van der Waals surface area contributed by atoms with E-state index in [0.717, 1.165) is 17.7 Å². The summed E-state index contributed by atoms with van der Waals surface area (Å²) in [6, 6.07) is 8.32. The van der Waals surface area contributed by atoms with Gasteiger partial charge in [0.2, 0.25) is 0 Å². The number of hydrogen-bond acceptors (Lipinski definition) is 2. The number of benzene rings is 2. The third-order valence-corrected chi connectivity index (χ3v) is 2.92. The Morgan fingerprint density at radius 1 is 0.950 bits per heavy atom. The predicted octanol–water partition coefficient (Wildman–Crippen LogP) is 3.20. The van der Waals surface area contributed by atoms with E-state index in [1.54, 1.807) is 19.1 Å². The smallest absolute Gasteiger partial charge is 0.338 e. The molecule has 2 aromatic rings. The van der Waals surface area contributed by atoms with Crippen molar-refractivity contribution < 1.29 is 24.2 Å². The molecule has 20 heavy (non-hydrogen) atoms. The van der Waals surface area contributed by atoms with Crippen LogP contribution in [0.15, 0.2) is 36.4 Å². The normalized spacial score (nSPS) is 10.3. The molecule has 0 fully saturated rings. The molecular formula is C15H11FO4. The lowest BCUT2D eigenvalue weighted by molar-refractivity contribution is 0.0683. The summed E-state index contributed by atoms with van der Waals surface area (Å²) in [5.74, 6) is -3.38. The minimum atomic E-state index is -1.36. The molecule has 0 saturated carbocycles. The second-order valence-electron chi connectivity index (χ2n) is 4.35. The van der Waals surface area contributed by atoms with Crippen LogP contribution in [0.3, 0.4) is 0 Å². The van der Waals surface area contributed by atoms with Gasteiger partial charge < -0.3 is 10.2 Å². The minimum Gasteiger partial charge on any atom is -0.478 e. The Hall–Kier alpha value is -2.69. The van der Waals surface area contributed by atoms with Crippen LogP contribution >= 0.6 is 0 Å². The molecule has 0 spiro atoms. The summed E-state index contributed by atoms with van der Waals surface area (Å²) < 4.78 is 13.7. The van der Waals surface area contributed by atoms with Crippen molar-refractivity contribution in [3.05, 3.63) is 58.9 Å². The molecule has 0 unspecified atom stereocenters. The molecule has 2 N–H and O–H groups in total. The molecule has 0 bridgehead atoms. The molecular weight excluding hydrogens is 263 g/mol. The van der Waals surface area contributed by atoms with E-state index in [0.29, 0.717) is 11.1 Å². The van der Waals surface area contributed by atoms with Gasteiger partial charge in [0.05, 0.1) is 11.1 Å². The molecule has 0 heterocycles. The molecule has 0 atom stereocenters. The maximum atomic E-state index is 13.7. The first-order valence-corrected chi connectivity index (χ1v) is 5.77. The van der Waals surface area contributed by atoms with Gasteiger partial charge in [-0.2, -0.15) is 0 Å². The zero-order valence-electron chi connectivity index (χ0n) is 10.6. The molecule has 2 rings (SSSR count). The van der Waals surface area contributed by atoms with E-state index in [2.05, 4.69) is 0 Å². The minimum absolute atomic E-state index is 0.0486. The molecule has 0 radical (unpaired) electrons. The summed E-state index contributed by atoms with van der Waals surface area (Å²) in [6.07, 6.45) is 0. The van der Waals surface area contributed by atoms with Crippen LogP contribution in [0, 0.1) is 12.7 Å². The summed E-state index contributed by atoms with van der Waals surface area (Å²) in [4.78, 5) is 22.0. The Morgan fingerprint density at radius 3 is 2.15 bits per heavy atom. The monoisotopic (exact) mass is 274 g/mol. The maximum Gasteiger partial charge on any atom is 0.338 e. The second-order valence-corrected chi connectivity index (χ2v) is 4.35. The summed E-state index contributed by atoms with van der Waals surface area (Å²) in [5.41, 5.74) is 1.04. The number of aromatic carboxylic acids is 2. The first-order valence-electron chi connectivity index (χ1n) is 5.77. The van der Waals surface area contributed by atoms with Crippen LogP contribution in [-0.2, 0) is 0 Å². The van der Waals surface area contributed by atoms with Gasteiger partial charge in [-0.1, -0.05) is 23.8 Å². The van der Waals surface area contributed by atoms with Gasteiger partial charge in [0.15, 0.2) is 0 Å². The van der Waals surface area contributed by atoms with Crippen LogP contribution in [-0.4, -0.2) is 22.2 Å². The number of aryl methyl sites for hydroxylation is 1. The summed E-state index contributed by atoms with van der Waals surface area (Å²) in [7, 11) is 0. The Kier molecular flexibility index (Phi) is 3.52. The van der Waals surface area contributed by atoms with Crippen molar-refractivity contribution in [1.82, 2.24) is 0 Å². The van der Waals surface area contributed by atoms with Gasteiger partial charge in [-0.25, -0.2) is 14.0 Å². The van der Waals surface area contributed by atoms with E-state index in [-0.39, 0.29) is 5.56 Å². The van der Waals surface area contributed by atoms with Crippen molar-refractivity contribution >= 4 is 11.9 Å². The highest BCUT2D eigenvalue weighted by Gasteiger charge is 2.15. The highest BCUT2D eigenvalue weighted by Crippen LogP contribution is 2.26. The van der Waals surface area contributed by atoms with Gasteiger partial charge in [-0.15, -0.1) is 0 Å². The average molecular weight is 274 g/mol. The van der Waals surface area contributed by atoms with Crippen molar-refractivity contribution in [1.29, 1.82) is 0 Å². The van der Waals surface area contributed by atoms with Crippen LogP contribution in [0.25, 0.3) is 11.1 Å². The highest BCUT2D eigenvalue weighted by molar-refractivity contribution is 5.96. The average Bonchev–Trinajstić information content (AvgIpc) is 2.37. The molecule has 0 aromatic heterocycles. The molecule has 102 valence electrons. The largest absolute Gasteiger partial charge is 0.478 e. The van der Waals surface area contributed by atoms with E-state index in [9.17, 15) is 19.1 Å². The molecule has 0 saturated heterocycles. The van der Waals surface area contributed by atoms with Gasteiger partial charge in [0.25, 0.3) is 0 Å². The zero-order chi connectivity index (χ0) is 14.9. The number of halogens is 1. The fourth-order valence-electron chi connectivity index (χ4n) is 1.94. The Morgan fingerprint density at radius 2 is 1.60 bits per heavy atom. The van der Waals surface area contributed by atoms with Crippen molar-refractivity contribution in [3.63, 3.8) is 0 Å². The summed E-state index contributed by atoms with van der Waals surface area (Å²) >= 11 is 0. The van der Waals surface area contributed by atoms with E-state index in [1.165, 1.54) is 12.1 Å². The topological polar surface area (TPSA) is 74.6 Å². The Balaban J connectivity index is 2.60. The molecule has 2 aromatic carbocycles. The van der Waals surface area contributed by atoms with Gasteiger partial charge in [0, 0.05) is 0 Å². The fraction of sp³-hybridized carbons (Fsp3) is 0.0667. The van der Waals surface area contributed by atoms with E-state index in [1.807, 2.05) is 0 Å². The van der Waals surface area contributed by atoms with E-state index >= 15 is 0 Å².